The number of Topliss-reactive ketones (excluding diaryl/α,β-unsaturated/α-hetero) is 1. The van der Waals surface area contributed by atoms with Gasteiger partial charge >= 0.3 is 0 Å². The van der Waals surface area contributed by atoms with Gasteiger partial charge in [-0.2, -0.15) is 0 Å². The van der Waals surface area contributed by atoms with Crippen molar-refractivity contribution in [2.45, 2.75) is 16.9 Å². The maximum Gasteiger partial charge on any atom is 0.246 e. The molecule has 2 unspecified atom stereocenters. The number of methoxy groups -OCH3 is 1. The van der Waals surface area contributed by atoms with Crippen LogP contribution in [0.1, 0.15) is 23.0 Å². The van der Waals surface area contributed by atoms with Crippen LogP contribution in [0.15, 0.2) is 28.5 Å². The van der Waals surface area contributed by atoms with Gasteiger partial charge in [0, 0.05) is 22.9 Å². The van der Waals surface area contributed by atoms with Crippen LogP contribution in [0.4, 0.5) is 10.8 Å². The van der Waals surface area contributed by atoms with Gasteiger partial charge in [0.05, 0.1) is 5.69 Å². The summed E-state index contributed by atoms with van der Waals surface area (Å²) in [5.41, 5.74) is 7.47. The van der Waals surface area contributed by atoms with E-state index in [1.807, 2.05) is 6.07 Å². The molecule has 1 aromatic heterocycles. The fraction of sp³-hybridized carbons (Fsp3) is 0.231. The van der Waals surface area contributed by atoms with Gasteiger partial charge in [-0.3, -0.25) is 9.57 Å². The van der Waals surface area contributed by atoms with Crippen LogP contribution in [-0.2, 0) is 20.5 Å². The average molecular weight is 322 g/mol. The van der Waals surface area contributed by atoms with E-state index in [1.54, 1.807) is 17.5 Å². The smallest absolute Gasteiger partial charge is 0.246 e. The van der Waals surface area contributed by atoms with Crippen LogP contribution >= 0.6 is 11.3 Å². The number of rotatable bonds is 3. The van der Waals surface area contributed by atoms with E-state index in [9.17, 15) is 4.79 Å². The van der Waals surface area contributed by atoms with E-state index in [-0.39, 0.29) is 5.78 Å². The third kappa shape index (κ3) is 1.98. The molecule has 3 rings (SSSR count). The number of ether oxygens (including phenoxy) is 1. The number of nitrogens with two attached hydrogens (primary N) is 1. The van der Waals surface area contributed by atoms with E-state index < -0.39 is 15.7 Å². The molecule has 6 nitrogen and oxygen atoms in total. The molecule has 0 fully saturated rings. The lowest BCUT2D eigenvalue weighted by Crippen LogP contribution is -2.37. The first-order valence-corrected chi connectivity index (χ1v) is 8.24. The van der Waals surface area contributed by atoms with Crippen LogP contribution in [0.25, 0.3) is 0 Å². The third-order valence-corrected chi connectivity index (χ3v) is 5.86. The minimum atomic E-state index is -1.10. The summed E-state index contributed by atoms with van der Waals surface area (Å²) in [4.78, 5) is 16.8. The molecule has 1 aliphatic heterocycles. The first kappa shape index (κ1) is 14.2. The van der Waals surface area contributed by atoms with Gasteiger partial charge in [-0.25, -0.2) is 4.98 Å². The Morgan fingerprint density at radius 2 is 2.33 bits per heavy atom. The number of anilines is 2. The van der Waals surface area contributed by atoms with Crippen molar-refractivity contribution >= 4 is 38.6 Å². The van der Waals surface area contributed by atoms with Crippen LogP contribution in [0.2, 0.25) is 0 Å². The van der Waals surface area contributed by atoms with Crippen molar-refractivity contribution < 1.29 is 9.53 Å². The number of hydrogen-bond acceptors (Lipinski definition) is 7. The zero-order chi connectivity index (χ0) is 15.2. The Morgan fingerprint density at radius 3 is 2.90 bits per heavy atom. The largest absolute Gasteiger partial charge is 0.375 e. The molecule has 0 spiro atoms. The predicted molar refractivity (Wildman–Crippen MR) is 83.6 cm³/mol. The van der Waals surface area contributed by atoms with Gasteiger partial charge in [0.15, 0.2) is 10.9 Å². The molecule has 2 aromatic rings. The quantitative estimate of drug-likeness (QED) is 0.754. The van der Waals surface area contributed by atoms with E-state index in [4.69, 9.17) is 15.3 Å². The predicted octanol–water partition coefficient (Wildman–Crippen LogP) is 2.55. The highest BCUT2D eigenvalue weighted by Gasteiger charge is 2.46. The van der Waals surface area contributed by atoms with Gasteiger partial charge in [0.1, 0.15) is 5.69 Å². The van der Waals surface area contributed by atoms with Gasteiger partial charge in [0.2, 0.25) is 5.06 Å². The molecular weight excluding hydrogens is 308 g/mol. The summed E-state index contributed by atoms with van der Waals surface area (Å²) < 4.78 is 14.2. The SMILES string of the molecule is COC1(c2csc(N)n2)Nc2c(C(C)=O)cccc2S1=N. The number of ketones is 1. The Kier molecular flexibility index (Phi) is 3.31. The Hall–Kier alpha value is -1.77. The van der Waals surface area contributed by atoms with Gasteiger partial charge in [-0.15, -0.1) is 11.3 Å². The van der Waals surface area contributed by atoms with Crippen LogP contribution < -0.4 is 11.1 Å². The second kappa shape index (κ2) is 4.90. The zero-order valence-electron chi connectivity index (χ0n) is 11.5. The first-order valence-electron chi connectivity index (χ1n) is 6.14. The van der Waals surface area contributed by atoms with Crippen LogP contribution in [0.5, 0.6) is 0 Å². The number of nitrogen functional groups attached to an aromatic ring is 1. The van der Waals surface area contributed by atoms with Crippen molar-refractivity contribution in [3.8, 4) is 0 Å². The number of benzene rings is 1. The fourth-order valence-electron chi connectivity index (χ4n) is 2.34. The summed E-state index contributed by atoms with van der Waals surface area (Å²) in [5.74, 6) is -0.0546. The maximum absolute atomic E-state index is 11.8. The molecular formula is C13H14N4O2S2. The Bertz CT molecular complexity index is 758. The van der Waals surface area contributed by atoms with Crippen molar-refractivity contribution in [3.05, 3.63) is 34.8 Å². The summed E-state index contributed by atoms with van der Waals surface area (Å²) >= 11 is 1.30. The molecule has 8 heteroatoms. The molecule has 110 valence electrons. The molecule has 0 bridgehead atoms. The number of nitrogens with one attached hydrogen (secondary N) is 2. The molecule has 0 saturated carbocycles. The molecule has 0 amide bonds. The molecule has 1 aromatic carbocycles. The van der Waals surface area contributed by atoms with Crippen LogP contribution in [0, 0.1) is 4.78 Å². The van der Waals surface area contributed by atoms with Crippen molar-refractivity contribution in [2.75, 3.05) is 18.2 Å². The highest BCUT2D eigenvalue weighted by atomic mass is 32.2. The van der Waals surface area contributed by atoms with E-state index in [0.29, 0.717) is 22.1 Å². The lowest BCUT2D eigenvalue weighted by Gasteiger charge is -2.27. The highest BCUT2D eigenvalue weighted by Crippen LogP contribution is 2.45. The highest BCUT2D eigenvalue weighted by molar-refractivity contribution is 7.87. The van der Waals surface area contributed by atoms with Gasteiger partial charge in [-0.05, 0) is 29.7 Å². The summed E-state index contributed by atoms with van der Waals surface area (Å²) in [7, 11) is 0.469. The van der Waals surface area contributed by atoms with Gasteiger partial charge in [0.25, 0.3) is 0 Å². The van der Waals surface area contributed by atoms with E-state index in [1.165, 1.54) is 25.4 Å². The number of hydrogen-bond donors (Lipinski definition) is 3. The summed E-state index contributed by atoms with van der Waals surface area (Å²) in [6.07, 6.45) is 0. The lowest BCUT2D eigenvalue weighted by molar-refractivity contribution is 0.0903. The Balaban J connectivity index is 2.18. The second-order valence-corrected chi connectivity index (χ2v) is 7.07. The van der Waals surface area contributed by atoms with Crippen molar-refractivity contribution in [1.82, 2.24) is 4.98 Å². The average Bonchev–Trinajstić information content (AvgIpc) is 3.01. The topological polar surface area (TPSA) is 101 Å². The van der Waals surface area contributed by atoms with Crippen molar-refractivity contribution in [1.29, 1.82) is 4.78 Å². The molecule has 21 heavy (non-hydrogen) atoms. The minimum absolute atomic E-state index is 0.0546. The molecule has 2 heterocycles. The van der Waals surface area contributed by atoms with Crippen LogP contribution in [0.3, 0.4) is 0 Å². The third-order valence-electron chi connectivity index (χ3n) is 3.35. The monoisotopic (exact) mass is 322 g/mol. The molecule has 4 N–H and O–H groups in total. The minimum Gasteiger partial charge on any atom is -0.375 e. The Morgan fingerprint density at radius 1 is 1.57 bits per heavy atom. The molecule has 0 saturated heterocycles. The molecule has 0 aliphatic carbocycles. The Labute approximate surface area is 128 Å². The number of nitrogens with zero attached hydrogens (tertiary/aromatic N) is 1. The molecule has 2 atom stereocenters. The number of carbonyl (C=O) groups is 1. The lowest BCUT2D eigenvalue weighted by atomic mass is 10.1. The maximum atomic E-state index is 11.8. The van der Waals surface area contributed by atoms with Crippen molar-refractivity contribution in [3.63, 3.8) is 0 Å². The molecule has 0 radical (unpaired) electrons. The van der Waals surface area contributed by atoms with Crippen molar-refractivity contribution in [2.24, 2.45) is 0 Å². The number of fused-ring (bicyclic) bond motifs is 1. The number of carbonyl (C=O) groups excluding carboxylic acids is 1. The molecule has 1 aliphatic rings. The van der Waals surface area contributed by atoms with Gasteiger partial charge in [-0.1, -0.05) is 6.07 Å². The second-order valence-electron chi connectivity index (χ2n) is 4.56. The number of thiazole rings is 1. The van der Waals surface area contributed by atoms with Gasteiger partial charge < -0.3 is 15.8 Å². The summed E-state index contributed by atoms with van der Waals surface area (Å²) in [6.45, 7) is 1.51. The summed E-state index contributed by atoms with van der Waals surface area (Å²) in [5, 5.41) is 4.30. The fourth-order valence-corrected chi connectivity index (χ4v) is 4.59. The zero-order valence-corrected chi connectivity index (χ0v) is 13.1. The first-order chi connectivity index (χ1) is 9.99. The number of aromatic nitrogens is 1. The number of para-hydroxylation sites is 1. The summed E-state index contributed by atoms with van der Waals surface area (Å²) in [6, 6.07) is 5.36. The van der Waals surface area contributed by atoms with E-state index in [0.717, 1.165) is 4.90 Å². The normalized spacial score (nSPS) is 23.6. The van der Waals surface area contributed by atoms with Crippen LogP contribution in [-0.4, -0.2) is 17.9 Å². The van der Waals surface area contributed by atoms with E-state index in [2.05, 4.69) is 10.3 Å². The standard InChI is InChI=1S/C13H14N4O2S2/c1-7(18)8-4-3-5-9-11(8)17-13(19-2,21(9)15)10-6-20-12(14)16-10/h3-6,15,17H,1-2H3,(H2,14,16). The van der Waals surface area contributed by atoms with E-state index >= 15 is 0 Å².